The lowest BCUT2D eigenvalue weighted by molar-refractivity contribution is -0.137. The van der Waals surface area contributed by atoms with Crippen LogP contribution in [0.15, 0.2) is 27.2 Å². The maximum absolute atomic E-state index is 12.7. The number of nitrogens with zero attached hydrogens (tertiary/aromatic N) is 3. The molecule has 0 saturated carbocycles. The fourth-order valence-corrected chi connectivity index (χ4v) is 3.59. The summed E-state index contributed by atoms with van der Waals surface area (Å²) in [7, 11) is 0. The minimum Gasteiger partial charge on any atom is -0.459 e. The first-order chi connectivity index (χ1) is 12.2. The molecule has 2 aromatic rings. The zero-order valence-electron chi connectivity index (χ0n) is 15.1. The maximum atomic E-state index is 12.7. The minimum atomic E-state index is 0.181. The topological polar surface area (TPSA) is 72.4 Å². The normalized spacial score (nSPS) is 15.9. The first-order valence-corrected chi connectivity index (χ1v) is 9.39. The largest absolute Gasteiger partial charge is 0.459 e. The summed E-state index contributed by atoms with van der Waals surface area (Å²) in [4.78, 5) is 14.8. The highest BCUT2D eigenvalue weighted by molar-refractivity contribution is 5.78. The molecule has 0 bridgehead atoms. The molecule has 1 aliphatic heterocycles. The van der Waals surface area contributed by atoms with Gasteiger partial charge in [-0.25, -0.2) is 0 Å². The van der Waals surface area contributed by atoms with E-state index in [1.807, 2.05) is 4.90 Å². The fourth-order valence-electron chi connectivity index (χ4n) is 3.59. The van der Waals surface area contributed by atoms with Crippen LogP contribution in [0.3, 0.4) is 0 Å². The van der Waals surface area contributed by atoms with Crippen LogP contribution in [0.2, 0.25) is 0 Å². The SMILES string of the molecule is CCCC(CCC)C(=O)N1CCC(c2nnc(-c3ccco3)o2)CC1. The summed E-state index contributed by atoms with van der Waals surface area (Å²) < 4.78 is 11.1. The Morgan fingerprint density at radius 1 is 1.24 bits per heavy atom. The lowest BCUT2D eigenvalue weighted by Gasteiger charge is -2.33. The minimum absolute atomic E-state index is 0.181. The van der Waals surface area contributed by atoms with Crippen molar-refractivity contribution < 1.29 is 13.6 Å². The van der Waals surface area contributed by atoms with Crippen LogP contribution in [0.1, 0.15) is 64.2 Å². The number of likely N-dealkylation sites (tertiary alicyclic amines) is 1. The van der Waals surface area contributed by atoms with Crippen LogP contribution in [0.4, 0.5) is 0 Å². The first kappa shape index (κ1) is 17.7. The van der Waals surface area contributed by atoms with Crippen molar-refractivity contribution in [3.8, 4) is 11.7 Å². The fraction of sp³-hybridized carbons (Fsp3) is 0.632. The highest BCUT2D eigenvalue weighted by Gasteiger charge is 2.30. The second kappa shape index (κ2) is 8.32. The molecule has 6 heteroatoms. The molecular weight excluding hydrogens is 318 g/mol. The summed E-state index contributed by atoms with van der Waals surface area (Å²) in [6.07, 6.45) is 7.43. The van der Waals surface area contributed by atoms with Gasteiger partial charge in [0.2, 0.25) is 11.8 Å². The van der Waals surface area contributed by atoms with Gasteiger partial charge in [-0.1, -0.05) is 26.7 Å². The Morgan fingerprint density at radius 2 is 1.96 bits per heavy atom. The summed E-state index contributed by atoms with van der Waals surface area (Å²) >= 11 is 0. The Bertz CT molecular complexity index is 651. The standard InChI is InChI=1S/C19H27N3O3/c1-3-6-15(7-4-2)19(23)22-11-9-14(10-12-22)17-20-21-18(25-17)16-8-5-13-24-16/h5,8,13-15H,3-4,6-7,9-12H2,1-2H3. The van der Waals surface area contributed by atoms with Crippen LogP contribution in [-0.4, -0.2) is 34.1 Å². The lowest BCUT2D eigenvalue weighted by atomic mass is 9.92. The van der Waals surface area contributed by atoms with Crippen molar-refractivity contribution in [1.82, 2.24) is 15.1 Å². The van der Waals surface area contributed by atoms with E-state index in [2.05, 4.69) is 24.0 Å². The third-order valence-corrected chi connectivity index (χ3v) is 4.95. The molecule has 0 aliphatic carbocycles. The van der Waals surface area contributed by atoms with E-state index in [-0.39, 0.29) is 11.8 Å². The molecule has 0 aromatic carbocycles. The van der Waals surface area contributed by atoms with E-state index in [0.717, 1.165) is 51.6 Å². The molecule has 136 valence electrons. The molecule has 0 N–H and O–H groups in total. The average molecular weight is 345 g/mol. The predicted octanol–water partition coefficient (Wildman–Crippen LogP) is 4.25. The molecule has 1 saturated heterocycles. The number of amides is 1. The summed E-state index contributed by atoms with van der Waals surface area (Å²) in [6.45, 7) is 5.83. The van der Waals surface area contributed by atoms with Crippen LogP contribution < -0.4 is 0 Å². The van der Waals surface area contributed by atoms with Gasteiger partial charge >= 0.3 is 0 Å². The van der Waals surface area contributed by atoms with Gasteiger partial charge in [0.25, 0.3) is 5.89 Å². The van der Waals surface area contributed by atoms with E-state index in [4.69, 9.17) is 8.83 Å². The molecule has 0 spiro atoms. The van der Waals surface area contributed by atoms with Crippen LogP contribution in [0, 0.1) is 5.92 Å². The van der Waals surface area contributed by atoms with Gasteiger partial charge in [-0.3, -0.25) is 4.79 Å². The summed E-state index contributed by atoms with van der Waals surface area (Å²) in [5, 5.41) is 8.25. The smallest absolute Gasteiger partial charge is 0.283 e. The van der Waals surface area contributed by atoms with E-state index in [1.165, 1.54) is 0 Å². The maximum Gasteiger partial charge on any atom is 0.283 e. The molecule has 25 heavy (non-hydrogen) atoms. The van der Waals surface area contributed by atoms with Crippen molar-refractivity contribution in [1.29, 1.82) is 0 Å². The summed E-state index contributed by atoms with van der Waals surface area (Å²) in [6, 6.07) is 3.60. The predicted molar refractivity (Wildman–Crippen MR) is 93.9 cm³/mol. The van der Waals surface area contributed by atoms with Crippen molar-refractivity contribution in [3.63, 3.8) is 0 Å². The Morgan fingerprint density at radius 3 is 2.56 bits per heavy atom. The lowest BCUT2D eigenvalue weighted by Crippen LogP contribution is -2.41. The molecule has 3 rings (SSSR count). The number of hydrogen-bond donors (Lipinski definition) is 0. The number of piperidine rings is 1. The van der Waals surface area contributed by atoms with E-state index < -0.39 is 0 Å². The highest BCUT2D eigenvalue weighted by Crippen LogP contribution is 2.30. The Balaban J connectivity index is 1.57. The molecular formula is C19H27N3O3. The average Bonchev–Trinajstić information content (AvgIpc) is 3.32. The Labute approximate surface area is 148 Å². The molecule has 1 amide bonds. The van der Waals surface area contributed by atoms with Gasteiger partial charge in [0, 0.05) is 24.9 Å². The van der Waals surface area contributed by atoms with Gasteiger partial charge in [-0.2, -0.15) is 0 Å². The molecule has 0 radical (unpaired) electrons. The third kappa shape index (κ3) is 4.11. The van der Waals surface area contributed by atoms with Gasteiger partial charge in [0.1, 0.15) is 0 Å². The number of rotatable bonds is 7. The van der Waals surface area contributed by atoms with E-state index in [0.29, 0.717) is 23.4 Å². The molecule has 6 nitrogen and oxygen atoms in total. The second-order valence-corrected chi connectivity index (χ2v) is 6.80. The summed E-state index contributed by atoms with van der Waals surface area (Å²) in [5.74, 6) is 2.38. The first-order valence-electron chi connectivity index (χ1n) is 9.39. The zero-order chi connectivity index (χ0) is 17.6. The van der Waals surface area contributed by atoms with Crippen LogP contribution in [0.5, 0.6) is 0 Å². The van der Waals surface area contributed by atoms with Crippen molar-refractivity contribution in [3.05, 3.63) is 24.3 Å². The highest BCUT2D eigenvalue weighted by atomic mass is 16.4. The van der Waals surface area contributed by atoms with E-state index in [1.54, 1.807) is 18.4 Å². The zero-order valence-corrected chi connectivity index (χ0v) is 15.1. The van der Waals surface area contributed by atoms with Crippen LogP contribution in [0.25, 0.3) is 11.7 Å². The Hall–Kier alpha value is -2.11. The molecule has 1 aliphatic rings. The van der Waals surface area contributed by atoms with Crippen LogP contribution >= 0.6 is 0 Å². The third-order valence-electron chi connectivity index (χ3n) is 4.95. The monoisotopic (exact) mass is 345 g/mol. The second-order valence-electron chi connectivity index (χ2n) is 6.80. The molecule has 3 heterocycles. The van der Waals surface area contributed by atoms with Gasteiger partial charge in [-0.15, -0.1) is 10.2 Å². The number of hydrogen-bond acceptors (Lipinski definition) is 5. The number of carbonyl (C=O) groups excluding carboxylic acids is 1. The Kier molecular flexibility index (Phi) is 5.89. The van der Waals surface area contributed by atoms with Gasteiger partial charge in [0.05, 0.1) is 6.26 Å². The molecule has 2 aromatic heterocycles. The molecule has 0 atom stereocenters. The number of furan rings is 1. The van der Waals surface area contributed by atoms with Crippen molar-refractivity contribution >= 4 is 5.91 Å². The van der Waals surface area contributed by atoms with Gasteiger partial charge in [-0.05, 0) is 37.8 Å². The quantitative estimate of drug-likeness (QED) is 0.750. The van der Waals surface area contributed by atoms with E-state index in [9.17, 15) is 4.79 Å². The number of carbonyl (C=O) groups is 1. The van der Waals surface area contributed by atoms with Gasteiger partial charge in [0.15, 0.2) is 5.76 Å². The summed E-state index contributed by atoms with van der Waals surface area (Å²) in [5.41, 5.74) is 0. The van der Waals surface area contributed by atoms with Crippen molar-refractivity contribution in [2.24, 2.45) is 5.92 Å². The molecule has 0 unspecified atom stereocenters. The number of aromatic nitrogens is 2. The molecule has 1 fully saturated rings. The van der Waals surface area contributed by atoms with Crippen molar-refractivity contribution in [2.45, 2.75) is 58.3 Å². The van der Waals surface area contributed by atoms with E-state index >= 15 is 0 Å². The van der Waals surface area contributed by atoms with Gasteiger partial charge < -0.3 is 13.7 Å². The van der Waals surface area contributed by atoms with Crippen LogP contribution in [-0.2, 0) is 4.79 Å². The van der Waals surface area contributed by atoms with Crippen molar-refractivity contribution in [2.75, 3.05) is 13.1 Å².